The summed E-state index contributed by atoms with van der Waals surface area (Å²) in [7, 11) is 0. The van der Waals surface area contributed by atoms with Gasteiger partial charge in [-0.25, -0.2) is 0 Å². The minimum atomic E-state index is -0.0114. The van der Waals surface area contributed by atoms with E-state index in [2.05, 4.69) is 0 Å². The van der Waals surface area contributed by atoms with Crippen LogP contribution in [-0.2, 0) is 4.79 Å². The van der Waals surface area contributed by atoms with Gasteiger partial charge in [0.05, 0.1) is 0 Å². The molecule has 0 heterocycles. The van der Waals surface area contributed by atoms with Crippen LogP contribution in [0.25, 0.3) is 12.2 Å². The van der Waals surface area contributed by atoms with Crippen LogP contribution < -0.4 is 0 Å². The molecule has 0 N–H and O–H groups in total. The molecule has 0 saturated carbocycles. The molecule has 3 aromatic carbocycles. The number of Topliss-reactive ketones (excluding diaryl/α,β-unsaturated/α-hetero) is 1. The smallest absolute Gasteiger partial charge is 0.178 e. The minimum absolute atomic E-state index is 0.0114. The molecule has 134 valence electrons. The normalized spacial score (nSPS) is 10.4. The maximum Gasteiger partial charge on any atom is 0.178 e. The van der Waals surface area contributed by atoms with Gasteiger partial charge in [0, 0.05) is 5.56 Å². The maximum atomic E-state index is 11.6. The lowest BCUT2D eigenvalue weighted by atomic mass is 10.1. The third-order valence-corrected chi connectivity index (χ3v) is 3.66. The van der Waals surface area contributed by atoms with Crippen LogP contribution in [0.5, 0.6) is 0 Å². The lowest BCUT2D eigenvalue weighted by Gasteiger charge is -1.91. The van der Waals surface area contributed by atoms with Gasteiger partial charge in [-0.1, -0.05) is 103 Å². The Labute approximate surface area is 160 Å². The van der Waals surface area contributed by atoms with Crippen LogP contribution in [0.4, 0.5) is 0 Å². The zero-order valence-corrected chi connectivity index (χ0v) is 15.3. The molecule has 3 aromatic rings. The van der Waals surface area contributed by atoms with E-state index in [1.165, 1.54) is 0 Å². The third-order valence-electron chi connectivity index (χ3n) is 3.66. The lowest BCUT2D eigenvalue weighted by molar-refractivity contribution is -0.110. The van der Waals surface area contributed by atoms with Gasteiger partial charge in [0.15, 0.2) is 11.6 Å². The van der Waals surface area contributed by atoms with Crippen molar-refractivity contribution < 1.29 is 9.59 Å². The summed E-state index contributed by atoms with van der Waals surface area (Å²) in [6.07, 6.45) is 6.79. The highest BCUT2D eigenvalue weighted by Gasteiger charge is 1.93. The van der Waals surface area contributed by atoms with Gasteiger partial charge >= 0.3 is 0 Å². The molecular formula is C25H22O2. The molecule has 0 radical (unpaired) electrons. The first-order valence-corrected chi connectivity index (χ1v) is 8.71. The van der Waals surface area contributed by atoms with Crippen LogP contribution in [0.2, 0.25) is 0 Å². The van der Waals surface area contributed by atoms with Gasteiger partial charge in [0.2, 0.25) is 0 Å². The summed E-state index contributed by atoms with van der Waals surface area (Å²) in [5.41, 5.74) is 2.83. The predicted molar refractivity (Wildman–Crippen MR) is 112 cm³/mol. The van der Waals surface area contributed by atoms with Crippen molar-refractivity contribution in [1.29, 1.82) is 0 Å². The second-order valence-electron chi connectivity index (χ2n) is 5.81. The number of carbonyl (C=O) groups is 2. The molecule has 0 unspecified atom stereocenters. The number of hydrogen-bond donors (Lipinski definition) is 0. The van der Waals surface area contributed by atoms with E-state index in [1.54, 1.807) is 19.1 Å². The van der Waals surface area contributed by atoms with Crippen LogP contribution in [0.3, 0.4) is 0 Å². The van der Waals surface area contributed by atoms with Crippen molar-refractivity contribution in [1.82, 2.24) is 0 Å². The number of hydrogen-bond acceptors (Lipinski definition) is 2. The van der Waals surface area contributed by atoms with Crippen LogP contribution in [0, 0.1) is 0 Å². The van der Waals surface area contributed by atoms with Gasteiger partial charge in [-0.15, -0.1) is 0 Å². The van der Waals surface area contributed by atoms with Crippen molar-refractivity contribution >= 4 is 23.7 Å². The molecule has 0 aromatic heterocycles. The zero-order chi connectivity index (χ0) is 19.3. The molecule has 0 aliphatic carbocycles. The molecule has 27 heavy (non-hydrogen) atoms. The fraction of sp³-hybridized carbons (Fsp3) is 0.0400. The second-order valence-corrected chi connectivity index (χ2v) is 5.81. The van der Waals surface area contributed by atoms with Crippen molar-refractivity contribution in [2.24, 2.45) is 0 Å². The molecule has 0 atom stereocenters. The van der Waals surface area contributed by atoms with E-state index in [0.29, 0.717) is 0 Å². The van der Waals surface area contributed by atoms with Gasteiger partial charge in [-0.05, 0) is 30.2 Å². The summed E-state index contributed by atoms with van der Waals surface area (Å²) in [5, 5.41) is 0. The number of rotatable bonds is 5. The Morgan fingerprint density at radius 1 is 0.593 bits per heavy atom. The highest BCUT2D eigenvalue weighted by atomic mass is 16.1. The van der Waals surface area contributed by atoms with E-state index in [4.69, 9.17) is 0 Å². The Hall–Kier alpha value is -3.52. The maximum absolute atomic E-state index is 11.6. The van der Waals surface area contributed by atoms with Crippen LogP contribution in [0.15, 0.2) is 103 Å². The first kappa shape index (κ1) is 19.8. The minimum Gasteiger partial charge on any atom is -0.295 e. The summed E-state index contributed by atoms with van der Waals surface area (Å²) in [5.74, 6) is 0.110. The molecule has 2 heteroatoms. The lowest BCUT2D eigenvalue weighted by Crippen LogP contribution is -1.88. The largest absolute Gasteiger partial charge is 0.295 e. The average molecular weight is 354 g/mol. The number of ketones is 2. The fourth-order valence-corrected chi connectivity index (χ4v) is 2.21. The molecule has 2 nitrogen and oxygen atoms in total. The van der Waals surface area contributed by atoms with E-state index >= 15 is 0 Å². The van der Waals surface area contributed by atoms with E-state index in [9.17, 15) is 9.59 Å². The van der Waals surface area contributed by atoms with Crippen LogP contribution in [0.1, 0.15) is 28.4 Å². The molecule has 0 aliphatic heterocycles. The van der Waals surface area contributed by atoms with E-state index in [0.717, 1.165) is 16.7 Å². The van der Waals surface area contributed by atoms with Gasteiger partial charge in [-0.3, -0.25) is 9.59 Å². The average Bonchev–Trinajstić information content (AvgIpc) is 2.73. The van der Waals surface area contributed by atoms with Gasteiger partial charge in [-0.2, -0.15) is 0 Å². The van der Waals surface area contributed by atoms with Gasteiger partial charge in [0.25, 0.3) is 0 Å². The Morgan fingerprint density at radius 3 is 1.30 bits per heavy atom. The summed E-state index contributed by atoms with van der Waals surface area (Å²) in [6.45, 7) is 1.56. The quantitative estimate of drug-likeness (QED) is 0.424. The van der Waals surface area contributed by atoms with E-state index < -0.39 is 0 Å². The van der Waals surface area contributed by atoms with E-state index in [-0.39, 0.29) is 11.6 Å². The van der Waals surface area contributed by atoms with Crippen molar-refractivity contribution in [2.45, 2.75) is 6.92 Å². The highest BCUT2D eigenvalue weighted by molar-refractivity contribution is 6.04. The van der Waals surface area contributed by atoms with Crippen molar-refractivity contribution in [3.63, 3.8) is 0 Å². The summed E-state index contributed by atoms with van der Waals surface area (Å²) in [6, 6.07) is 28.8. The van der Waals surface area contributed by atoms with Crippen molar-refractivity contribution in [3.05, 3.63) is 120 Å². The number of allylic oxidation sites excluding steroid dienone is 2. The van der Waals surface area contributed by atoms with Crippen molar-refractivity contribution in [2.75, 3.05) is 0 Å². The predicted octanol–water partition coefficient (Wildman–Crippen LogP) is 5.87. The summed E-state index contributed by atoms with van der Waals surface area (Å²) >= 11 is 0. The monoisotopic (exact) mass is 354 g/mol. The summed E-state index contributed by atoms with van der Waals surface area (Å²) in [4.78, 5) is 22.3. The molecule has 0 amide bonds. The second kappa shape index (κ2) is 11.2. The standard InChI is InChI=1S/C17H14O.C8H8O/c18-17(13-11-15-7-3-1-4-8-15)14-12-16-9-5-2-6-10-16;1-7(9)8-5-3-2-4-6-8/h1-14H;2-6H,1H3/b13-11+,14-12+;. The Balaban J connectivity index is 0.000000244. The molecule has 0 spiro atoms. The zero-order valence-electron chi connectivity index (χ0n) is 15.3. The molecule has 0 saturated heterocycles. The first-order valence-electron chi connectivity index (χ1n) is 8.71. The Morgan fingerprint density at radius 2 is 0.963 bits per heavy atom. The molecular weight excluding hydrogens is 332 g/mol. The fourth-order valence-electron chi connectivity index (χ4n) is 2.21. The van der Waals surface area contributed by atoms with Gasteiger partial charge in [0.1, 0.15) is 0 Å². The van der Waals surface area contributed by atoms with E-state index in [1.807, 2.05) is 103 Å². The first-order chi connectivity index (χ1) is 13.1. The van der Waals surface area contributed by atoms with Gasteiger partial charge < -0.3 is 0 Å². The summed E-state index contributed by atoms with van der Waals surface area (Å²) < 4.78 is 0. The SMILES string of the molecule is CC(=O)c1ccccc1.O=C(/C=C/c1ccccc1)/C=C/c1ccccc1. The Bertz CT molecular complexity index is 841. The molecule has 3 rings (SSSR count). The van der Waals surface area contributed by atoms with Crippen LogP contribution >= 0.6 is 0 Å². The number of benzene rings is 3. The number of carbonyl (C=O) groups excluding carboxylic acids is 2. The Kier molecular flexibility index (Phi) is 8.19. The molecule has 0 bridgehead atoms. The topological polar surface area (TPSA) is 34.1 Å². The molecule has 0 aliphatic rings. The highest BCUT2D eigenvalue weighted by Crippen LogP contribution is 2.03. The molecule has 0 fully saturated rings. The van der Waals surface area contributed by atoms with Crippen molar-refractivity contribution in [3.8, 4) is 0 Å². The third kappa shape index (κ3) is 7.93. The van der Waals surface area contributed by atoms with Crippen LogP contribution in [-0.4, -0.2) is 11.6 Å².